The average molecular weight is 139 g/mol. The molecule has 56 valence electrons. The summed E-state index contributed by atoms with van der Waals surface area (Å²) in [5, 5.41) is 3.14. The summed E-state index contributed by atoms with van der Waals surface area (Å²) in [5.41, 5.74) is 11.7. The van der Waals surface area contributed by atoms with Gasteiger partial charge in [0.1, 0.15) is 0 Å². The Hall–Kier alpha value is -0.960. The van der Waals surface area contributed by atoms with Crippen molar-refractivity contribution in [2.45, 2.75) is 0 Å². The molecule has 0 aromatic carbocycles. The lowest BCUT2D eigenvalue weighted by Crippen LogP contribution is -2.44. The molecule has 3 nitrogen and oxygen atoms in total. The quantitative estimate of drug-likeness (QED) is 0.453. The highest BCUT2D eigenvalue weighted by molar-refractivity contribution is 5.14. The second kappa shape index (κ2) is 3.27. The van der Waals surface area contributed by atoms with Gasteiger partial charge in [0.05, 0.1) is 0 Å². The van der Waals surface area contributed by atoms with Crippen molar-refractivity contribution < 1.29 is 0 Å². The molecule has 0 spiro atoms. The van der Waals surface area contributed by atoms with Crippen LogP contribution in [0.5, 0.6) is 0 Å². The smallest absolute Gasteiger partial charge is 0.0234 e. The molecule has 1 aliphatic heterocycles. The molecule has 1 heterocycles. The van der Waals surface area contributed by atoms with Crippen molar-refractivity contribution in [3.05, 3.63) is 24.0 Å². The standard InChI is InChI=1S/C7H13N3/c8-3-1-2-7(9)6-4-10-5-6/h1-3,6,10H,4-5,8-9H2/b3-1-,7-2-. The molecule has 0 amide bonds. The van der Waals surface area contributed by atoms with Crippen molar-refractivity contribution in [1.82, 2.24) is 5.32 Å². The largest absolute Gasteiger partial charge is 0.405 e. The van der Waals surface area contributed by atoms with Gasteiger partial charge < -0.3 is 16.8 Å². The Morgan fingerprint density at radius 3 is 2.60 bits per heavy atom. The minimum atomic E-state index is 0.524. The van der Waals surface area contributed by atoms with Crippen LogP contribution in [0, 0.1) is 5.92 Å². The zero-order valence-corrected chi connectivity index (χ0v) is 5.88. The number of hydrogen-bond donors (Lipinski definition) is 3. The lowest BCUT2D eigenvalue weighted by Gasteiger charge is -2.27. The molecule has 1 aliphatic rings. The van der Waals surface area contributed by atoms with Gasteiger partial charge in [0.15, 0.2) is 0 Å². The number of nitrogens with one attached hydrogen (secondary N) is 1. The third-order valence-electron chi connectivity index (χ3n) is 1.65. The van der Waals surface area contributed by atoms with Crippen molar-refractivity contribution >= 4 is 0 Å². The summed E-state index contributed by atoms with van der Waals surface area (Å²) in [5.74, 6) is 0.524. The zero-order chi connectivity index (χ0) is 7.40. The molecular formula is C7H13N3. The highest BCUT2D eigenvalue weighted by atomic mass is 15.0. The zero-order valence-electron chi connectivity index (χ0n) is 5.88. The summed E-state index contributed by atoms with van der Waals surface area (Å²) in [7, 11) is 0. The molecule has 3 heteroatoms. The minimum Gasteiger partial charge on any atom is -0.405 e. The van der Waals surface area contributed by atoms with E-state index in [1.54, 1.807) is 6.08 Å². The molecule has 5 N–H and O–H groups in total. The first-order valence-electron chi connectivity index (χ1n) is 3.39. The summed E-state index contributed by atoms with van der Waals surface area (Å²) < 4.78 is 0. The van der Waals surface area contributed by atoms with Gasteiger partial charge in [-0.1, -0.05) is 0 Å². The first kappa shape index (κ1) is 7.15. The molecule has 0 aliphatic carbocycles. The molecule has 10 heavy (non-hydrogen) atoms. The Balaban J connectivity index is 2.37. The van der Waals surface area contributed by atoms with Crippen LogP contribution in [-0.4, -0.2) is 13.1 Å². The lowest BCUT2D eigenvalue weighted by atomic mass is 9.99. The number of allylic oxidation sites excluding steroid dienone is 2. The number of rotatable bonds is 2. The second-order valence-electron chi connectivity index (χ2n) is 2.41. The van der Waals surface area contributed by atoms with Gasteiger partial charge in [0.2, 0.25) is 0 Å². The van der Waals surface area contributed by atoms with Gasteiger partial charge in [-0.2, -0.15) is 0 Å². The van der Waals surface area contributed by atoms with E-state index in [0.717, 1.165) is 18.8 Å². The Morgan fingerprint density at radius 2 is 2.20 bits per heavy atom. The van der Waals surface area contributed by atoms with Crippen molar-refractivity contribution in [3.8, 4) is 0 Å². The van der Waals surface area contributed by atoms with Gasteiger partial charge in [-0.25, -0.2) is 0 Å². The normalized spacial score (nSPS) is 21.4. The van der Waals surface area contributed by atoms with Gasteiger partial charge in [-0.05, 0) is 18.4 Å². The van der Waals surface area contributed by atoms with Crippen molar-refractivity contribution in [2.75, 3.05) is 13.1 Å². The summed E-state index contributed by atoms with van der Waals surface area (Å²) in [6.07, 6.45) is 5.10. The predicted octanol–water partition coefficient (Wildman–Crippen LogP) is -0.479. The number of hydrogen-bond acceptors (Lipinski definition) is 3. The van der Waals surface area contributed by atoms with E-state index in [0.29, 0.717) is 5.92 Å². The van der Waals surface area contributed by atoms with Gasteiger partial charge in [-0.15, -0.1) is 0 Å². The van der Waals surface area contributed by atoms with E-state index in [9.17, 15) is 0 Å². The molecular weight excluding hydrogens is 126 g/mol. The van der Waals surface area contributed by atoms with E-state index in [-0.39, 0.29) is 0 Å². The predicted molar refractivity (Wildman–Crippen MR) is 42.0 cm³/mol. The maximum Gasteiger partial charge on any atom is 0.0234 e. The topological polar surface area (TPSA) is 64.1 Å². The molecule has 0 saturated carbocycles. The highest BCUT2D eigenvalue weighted by Crippen LogP contribution is 2.09. The van der Waals surface area contributed by atoms with Crippen LogP contribution in [0.15, 0.2) is 24.0 Å². The van der Waals surface area contributed by atoms with Crippen LogP contribution in [0.1, 0.15) is 0 Å². The maximum atomic E-state index is 5.68. The Labute approximate surface area is 60.8 Å². The van der Waals surface area contributed by atoms with Crippen LogP contribution in [0.4, 0.5) is 0 Å². The van der Waals surface area contributed by atoms with Gasteiger partial charge in [0, 0.05) is 24.7 Å². The van der Waals surface area contributed by atoms with Crippen LogP contribution < -0.4 is 16.8 Å². The van der Waals surface area contributed by atoms with E-state index < -0.39 is 0 Å². The van der Waals surface area contributed by atoms with E-state index in [2.05, 4.69) is 5.32 Å². The van der Waals surface area contributed by atoms with Gasteiger partial charge in [-0.3, -0.25) is 0 Å². The fourth-order valence-electron chi connectivity index (χ4n) is 0.827. The highest BCUT2D eigenvalue weighted by Gasteiger charge is 2.17. The molecule has 0 aromatic rings. The molecule has 0 aromatic heterocycles. The SMILES string of the molecule is N/C=C\C=C(/N)C1CNC1. The Morgan fingerprint density at radius 1 is 1.50 bits per heavy atom. The van der Waals surface area contributed by atoms with Gasteiger partial charge >= 0.3 is 0 Å². The molecule has 1 rings (SSSR count). The summed E-state index contributed by atoms with van der Waals surface area (Å²) in [6.45, 7) is 2.00. The van der Waals surface area contributed by atoms with Crippen LogP contribution >= 0.6 is 0 Å². The molecule has 1 saturated heterocycles. The summed E-state index contributed by atoms with van der Waals surface area (Å²) in [4.78, 5) is 0. The fourth-order valence-corrected chi connectivity index (χ4v) is 0.827. The second-order valence-corrected chi connectivity index (χ2v) is 2.41. The van der Waals surface area contributed by atoms with E-state index in [1.807, 2.05) is 6.08 Å². The molecule has 0 unspecified atom stereocenters. The van der Waals surface area contributed by atoms with Crippen LogP contribution in [0.3, 0.4) is 0 Å². The van der Waals surface area contributed by atoms with Crippen LogP contribution in [0.25, 0.3) is 0 Å². The molecule has 0 bridgehead atoms. The molecule has 1 fully saturated rings. The number of nitrogens with two attached hydrogens (primary N) is 2. The molecule has 0 radical (unpaired) electrons. The maximum absolute atomic E-state index is 5.68. The third-order valence-corrected chi connectivity index (χ3v) is 1.65. The third kappa shape index (κ3) is 1.51. The van der Waals surface area contributed by atoms with E-state index >= 15 is 0 Å². The summed E-state index contributed by atoms with van der Waals surface area (Å²) in [6, 6.07) is 0. The first-order valence-corrected chi connectivity index (χ1v) is 3.39. The first-order chi connectivity index (χ1) is 4.84. The Bertz CT molecular complexity index is 156. The van der Waals surface area contributed by atoms with E-state index in [4.69, 9.17) is 11.5 Å². The summed E-state index contributed by atoms with van der Waals surface area (Å²) >= 11 is 0. The van der Waals surface area contributed by atoms with Crippen molar-refractivity contribution in [3.63, 3.8) is 0 Å². The van der Waals surface area contributed by atoms with Gasteiger partial charge in [0.25, 0.3) is 0 Å². The lowest BCUT2D eigenvalue weighted by molar-refractivity contribution is 0.396. The van der Waals surface area contributed by atoms with E-state index in [1.165, 1.54) is 6.20 Å². The average Bonchev–Trinajstić information content (AvgIpc) is 1.79. The Kier molecular flexibility index (Phi) is 2.34. The van der Waals surface area contributed by atoms with Crippen LogP contribution in [0.2, 0.25) is 0 Å². The fraction of sp³-hybridized carbons (Fsp3) is 0.429. The van der Waals surface area contributed by atoms with Crippen LogP contribution in [-0.2, 0) is 0 Å². The van der Waals surface area contributed by atoms with Crippen molar-refractivity contribution in [1.29, 1.82) is 0 Å². The van der Waals surface area contributed by atoms with Crippen molar-refractivity contribution in [2.24, 2.45) is 17.4 Å². The monoisotopic (exact) mass is 139 g/mol. The minimum absolute atomic E-state index is 0.524. The molecule has 0 atom stereocenters.